The van der Waals surface area contributed by atoms with Crippen LogP contribution in [-0.2, 0) is 17.5 Å². The Morgan fingerprint density at radius 2 is 1.83 bits per heavy atom. The Bertz CT molecular complexity index is 691. The Morgan fingerprint density at radius 1 is 1.09 bits per heavy atom. The molecule has 2 nitrogen and oxygen atoms in total. The van der Waals surface area contributed by atoms with Crippen molar-refractivity contribution < 1.29 is 8.85 Å². The van der Waals surface area contributed by atoms with Crippen molar-refractivity contribution in [3.8, 4) is 5.75 Å². The van der Waals surface area contributed by atoms with Crippen LogP contribution in [-0.4, -0.2) is 14.6 Å². The predicted molar refractivity (Wildman–Crippen MR) is 101 cm³/mol. The van der Waals surface area contributed by atoms with Gasteiger partial charge in [0.1, 0.15) is 5.75 Å². The zero-order valence-corrected chi connectivity index (χ0v) is 17.0. The van der Waals surface area contributed by atoms with Gasteiger partial charge in [-0.2, -0.15) is 0 Å². The highest BCUT2D eigenvalue weighted by Crippen LogP contribution is 2.32. The maximum absolute atomic E-state index is 6.25. The van der Waals surface area contributed by atoms with Gasteiger partial charge in [-0.25, -0.2) is 0 Å². The molecule has 7 heteroatoms. The standard InChI is InChI=1S/C16H17Cl3O2Si2/c1-22(15-5-3-2-4-6-15)20-12-14-11-13(7-8-16(14)21-22)9-10-23(17,18)19/h2-8,11H,9-10,12H2,1H3. The number of benzene rings is 2. The third-order valence-corrected chi connectivity index (χ3v) is 9.13. The van der Waals surface area contributed by atoms with Crippen LogP contribution in [0.3, 0.4) is 0 Å². The molecule has 0 bridgehead atoms. The molecule has 3 rings (SSSR count). The Kier molecular flexibility index (Phi) is 5.11. The van der Waals surface area contributed by atoms with E-state index in [1.165, 1.54) is 0 Å². The van der Waals surface area contributed by atoms with E-state index in [-0.39, 0.29) is 0 Å². The average molecular weight is 404 g/mol. The molecule has 0 radical (unpaired) electrons. The summed E-state index contributed by atoms with van der Waals surface area (Å²) in [6.45, 7) is 2.64. The quantitative estimate of drug-likeness (QED) is 0.540. The maximum atomic E-state index is 6.25. The number of fused-ring (bicyclic) bond motifs is 1. The van der Waals surface area contributed by atoms with E-state index in [2.05, 4.69) is 30.8 Å². The van der Waals surface area contributed by atoms with Crippen molar-refractivity contribution in [3.63, 3.8) is 0 Å². The first-order valence-electron chi connectivity index (χ1n) is 7.43. The van der Waals surface area contributed by atoms with Crippen molar-refractivity contribution in [1.29, 1.82) is 0 Å². The van der Waals surface area contributed by atoms with Crippen LogP contribution in [0.2, 0.25) is 12.6 Å². The summed E-state index contributed by atoms with van der Waals surface area (Å²) in [5.74, 6) is 0.907. The fourth-order valence-corrected chi connectivity index (χ4v) is 6.24. The van der Waals surface area contributed by atoms with Crippen molar-refractivity contribution in [2.75, 3.05) is 0 Å². The van der Waals surface area contributed by atoms with E-state index in [9.17, 15) is 0 Å². The fourth-order valence-electron chi connectivity index (χ4n) is 2.62. The average Bonchev–Trinajstić information content (AvgIpc) is 2.53. The van der Waals surface area contributed by atoms with E-state index >= 15 is 0 Å². The molecule has 1 aliphatic heterocycles. The molecule has 0 amide bonds. The Balaban J connectivity index is 1.78. The molecular weight excluding hydrogens is 387 g/mol. The second-order valence-electron chi connectivity index (χ2n) is 5.76. The minimum atomic E-state index is -2.58. The van der Waals surface area contributed by atoms with Crippen LogP contribution in [0.15, 0.2) is 48.5 Å². The second-order valence-corrected chi connectivity index (χ2v) is 18.0. The van der Waals surface area contributed by atoms with E-state index in [0.29, 0.717) is 12.7 Å². The second kappa shape index (κ2) is 6.78. The van der Waals surface area contributed by atoms with Gasteiger partial charge in [0.15, 0.2) is 0 Å². The Hall–Kier alpha value is -0.496. The molecule has 0 saturated heterocycles. The van der Waals surface area contributed by atoms with Gasteiger partial charge >= 0.3 is 14.6 Å². The number of aryl methyl sites for hydroxylation is 1. The summed E-state index contributed by atoms with van der Waals surface area (Å²) in [5, 5.41) is 1.14. The van der Waals surface area contributed by atoms with Crippen LogP contribution in [0.25, 0.3) is 0 Å². The van der Waals surface area contributed by atoms with Crippen molar-refractivity contribution in [2.24, 2.45) is 0 Å². The molecule has 1 atom stereocenters. The first-order valence-corrected chi connectivity index (χ1v) is 15.0. The third-order valence-electron chi connectivity index (χ3n) is 3.93. The molecule has 0 spiro atoms. The van der Waals surface area contributed by atoms with Crippen molar-refractivity contribution in [3.05, 3.63) is 59.7 Å². The molecule has 1 aliphatic rings. The molecule has 1 heterocycles. The molecule has 0 aliphatic carbocycles. The van der Waals surface area contributed by atoms with Gasteiger partial charge < -0.3 is 8.85 Å². The number of halogens is 3. The molecule has 2 aromatic carbocycles. The van der Waals surface area contributed by atoms with Gasteiger partial charge in [0.2, 0.25) is 0 Å². The molecule has 23 heavy (non-hydrogen) atoms. The largest absolute Gasteiger partial charge is 0.517 e. The van der Waals surface area contributed by atoms with Crippen molar-refractivity contribution in [1.82, 2.24) is 0 Å². The summed E-state index contributed by atoms with van der Waals surface area (Å²) in [6, 6.07) is 14.4. The van der Waals surface area contributed by atoms with Crippen LogP contribution in [0.5, 0.6) is 5.75 Å². The summed E-state index contributed by atoms with van der Waals surface area (Å²) >= 11 is 17.9. The summed E-state index contributed by atoms with van der Waals surface area (Å²) in [7, 11) is -2.39. The van der Waals surface area contributed by atoms with E-state index in [0.717, 1.165) is 28.5 Å². The monoisotopic (exact) mass is 402 g/mol. The van der Waals surface area contributed by atoms with Gasteiger partial charge in [0.05, 0.1) is 6.61 Å². The number of hydrogen-bond acceptors (Lipinski definition) is 2. The third kappa shape index (κ3) is 4.32. The Morgan fingerprint density at radius 3 is 2.52 bits per heavy atom. The lowest BCUT2D eigenvalue weighted by molar-refractivity contribution is 0.217. The van der Waals surface area contributed by atoms with E-state index in [4.69, 9.17) is 42.1 Å². The Labute approximate surface area is 152 Å². The van der Waals surface area contributed by atoms with Crippen molar-refractivity contribution in [2.45, 2.75) is 25.6 Å². The van der Waals surface area contributed by atoms with Gasteiger partial charge in [-0.05, 0) is 36.7 Å². The zero-order chi connectivity index (χ0) is 16.5. The fraction of sp³-hybridized carbons (Fsp3) is 0.250. The molecule has 0 aromatic heterocycles. The lowest BCUT2D eigenvalue weighted by atomic mass is 10.1. The summed E-state index contributed by atoms with van der Waals surface area (Å²) in [6.07, 6.45) is 0.767. The topological polar surface area (TPSA) is 18.5 Å². The SMILES string of the molecule is C[Si]1(c2ccccc2)OCc2cc(CC[Si](Cl)(Cl)Cl)ccc2O1. The summed E-state index contributed by atoms with van der Waals surface area (Å²) in [4.78, 5) is 0. The molecule has 0 fully saturated rings. The van der Waals surface area contributed by atoms with E-state index in [1.807, 2.05) is 24.3 Å². The first-order chi connectivity index (χ1) is 10.9. The first kappa shape index (κ1) is 17.3. The summed E-state index contributed by atoms with van der Waals surface area (Å²) < 4.78 is 12.4. The van der Waals surface area contributed by atoms with Gasteiger partial charge in [-0.1, -0.05) is 36.4 Å². The number of rotatable bonds is 4. The van der Waals surface area contributed by atoms with Gasteiger partial charge in [0, 0.05) is 10.8 Å². The maximum Gasteiger partial charge on any atom is 0.430 e. The van der Waals surface area contributed by atoms with E-state index < -0.39 is 14.6 Å². The minimum absolute atomic E-state index is 0.561. The molecule has 2 aromatic rings. The van der Waals surface area contributed by atoms with Crippen LogP contribution in [0.4, 0.5) is 0 Å². The van der Waals surface area contributed by atoms with Crippen molar-refractivity contribution >= 4 is 53.0 Å². The van der Waals surface area contributed by atoms with Crippen LogP contribution >= 0.6 is 33.2 Å². The van der Waals surface area contributed by atoms with Crippen LogP contribution in [0, 0.1) is 0 Å². The predicted octanol–water partition coefficient (Wildman–Crippen LogP) is 4.77. The highest BCUT2D eigenvalue weighted by atomic mass is 35.8. The highest BCUT2D eigenvalue weighted by Gasteiger charge is 2.40. The van der Waals surface area contributed by atoms with Gasteiger partial charge in [0.25, 0.3) is 0 Å². The number of hydrogen-bond donors (Lipinski definition) is 0. The van der Waals surface area contributed by atoms with Crippen LogP contribution < -0.4 is 9.61 Å². The lowest BCUT2D eigenvalue weighted by Gasteiger charge is -2.33. The smallest absolute Gasteiger partial charge is 0.430 e. The summed E-state index contributed by atoms with van der Waals surface area (Å²) in [5.41, 5.74) is 2.22. The lowest BCUT2D eigenvalue weighted by Crippen LogP contribution is -2.55. The van der Waals surface area contributed by atoms with Crippen LogP contribution in [0.1, 0.15) is 11.1 Å². The molecule has 1 unspecified atom stereocenters. The zero-order valence-electron chi connectivity index (χ0n) is 12.7. The normalized spacial score (nSPS) is 20.7. The van der Waals surface area contributed by atoms with Gasteiger partial charge in [-0.3, -0.25) is 0 Å². The highest BCUT2D eigenvalue weighted by molar-refractivity contribution is 7.64. The molecule has 122 valence electrons. The minimum Gasteiger partial charge on any atom is -0.517 e. The van der Waals surface area contributed by atoms with Gasteiger partial charge in [-0.15, -0.1) is 33.2 Å². The molecule has 0 saturated carbocycles. The molecule has 0 N–H and O–H groups in total. The van der Waals surface area contributed by atoms with E-state index in [1.54, 1.807) is 0 Å². The molecular formula is C16H17Cl3O2Si2.